The number of amides is 4. The highest BCUT2D eigenvalue weighted by molar-refractivity contribution is 7.92. The summed E-state index contributed by atoms with van der Waals surface area (Å²) in [6, 6.07) is 3.82. The van der Waals surface area contributed by atoms with Crippen molar-refractivity contribution in [2.45, 2.75) is 45.6 Å². The largest absolute Gasteiger partial charge is 0.494 e. The molecule has 0 radical (unpaired) electrons. The van der Waals surface area contributed by atoms with E-state index in [0.717, 1.165) is 17.6 Å². The second-order valence-corrected chi connectivity index (χ2v) is 11.3. The lowest BCUT2D eigenvalue weighted by atomic mass is 9.64. The molecule has 1 aliphatic carbocycles. The topological polar surface area (TPSA) is 134 Å². The van der Waals surface area contributed by atoms with E-state index < -0.39 is 34.0 Å². The van der Waals surface area contributed by atoms with Crippen LogP contribution in [0, 0.1) is 11.3 Å². The Bertz CT molecular complexity index is 1050. The van der Waals surface area contributed by atoms with Crippen LogP contribution in [0.3, 0.4) is 0 Å². The molecule has 2 atom stereocenters. The van der Waals surface area contributed by atoms with Crippen molar-refractivity contribution in [3.63, 3.8) is 0 Å². The molecule has 176 valence electrons. The first-order valence-corrected chi connectivity index (χ1v) is 12.2. The predicted molar refractivity (Wildman–Crippen MR) is 120 cm³/mol. The molecule has 32 heavy (non-hydrogen) atoms. The van der Waals surface area contributed by atoms with Gasteiger partial charge in [0.2, 0.25) is 15.9 Å². The van der Waals surface area contributed by atoms with E-state index in [0.29, 0.717) is 18.5 Å². The number of nitrogens with zero attached hydrogens (tertiary/aromatic N) is 1. The first kappa shape index (κ1) is 23.8. The van der Waals surface area contributed by atoms with Gasteiger partial charge in [0.05, 0.1) is 19.1 Å². The van der Waals surface area contributed by atoms with Crippen molar-refractivity contribution in [2.75, 3.05) is 29.9 Å². The number of methoxy groups -OCH3 is 1. The van der Waals surface area contributed by atoms with Crippen molar-refractivity contribution in [3.8, 4) is 5.75 Å². The summed E-state index contributed by atoms with van der Waals surface area (Å²) < 4.78 is 30.4. The normalized spacial score (nSPS) is 24.9. The number of rotatable bonds is 6. The Morgan fingerprint density at radius 1 is 1.28 bits per heavy atom. The number of hydrogen-bond donors (Lipinski definition) is 3. The van der Waals surface area contributed by atoms with Gasteiger partial charge in [-0.1, -0.05) is 20.8 Å². The molecule has 4 amide bonds. The monoisotopic (exact) mass is 466 g/mol. The fourth-order valence-electron chi connectivity index (χ4n) is 5.05. The van der Waals surface area contributed by atoms with Crippen LogP contribution < -0.4 is 20.1 Å². The Hall–Kier alpha value is -2.82. The number of carbonyl (C=O) groups is 3. The minimum atomic E-state index is -3.51. The zero-order valence-electron chi connectivity index (χ0n) is 18.9. The third-order valence-corrected chi connectivity index (χ3v) is 6.30. The highest BCUT2D eigenvalue weighted by atomic mass is 32.2. The van der Waals surface area contributed by atoms with E-state index in [9.17, 15) is 22.8 Å². The molecule has 0 aromatic heterocycles. The Morgan fingerprint density at radius 2 is 1.97 bits per heavy atom. The maximum atomic E-state index is 13.2. The Morgan fingerprint density at radius 3 is 2.56 bits per heavy atom. The van der Waals surface area contributed by atoms with E-state index in [2.05, 4.69) is 36.1 Å². The first-order valence-electron chi connectivity index (χ1n) is 10.3. The zero-order chi connectivity index (χ0) is 23.9. The number of ether oxygens (including phenoxy) is 1. The number of imide groups is 1. The summed E-state index contributed by atoms with van der Waals surface area (Å²) in [4.78, 5) is 39.3. The van der Waals surface area contributed by atoms with Gasteiger partial charge in [0.25, 0.3) is 5.91 Å². The summed E-state index contributed by atoms with van der Waals surface area (Å²) in [7, 11) is -2.14. The summed E-state index contributed by atoms with van der Waals surface area (Å²) in [6.45, 7) is 5.80. The second-order valence-electron chi connectivity index (χ2n) is 9.60. The van der Waals surface area contributed by atoms with Gasteiger partial charge in [-0.25, -0.2) is 13.2 Å². The Balaban J connectivity index is 1.71. The summed E-state index contributed by atoms with van der Waals surface area (Å²) in [5, 5.41) is 5.47. The van der Waals surface area contributed by atoms with Crippen LogP contribution >= 0.6 is 0 Å². The Kier molecular flexibility index (Phi) is 6.16. The van der Waals surface area contributed by atoms with Crippen LogP contribution in [0.5, 0.6) is 5.75 Å². The summed E-state index contributed by atoms with van der Waals surface area (Å²) >= 11 is 0. The van der Waals surface area contributed by atoms with E-state index in [-0.39, 0.29) is 28.7 Å². The quantitative estimate of drug-likeness (QED) is 0.550. The molecule has 11 heteroatoms. The molecule has 10 nitrogen and oxygen atoms in total. The van der Waals surface area contributed by atoms with Gasteiger partial charge in [-0.2, -0.15) is 0 Å². The van der Waals surface area contributed by atoms with Gasteiger partial charge in [0.1, 0.15) is 17.8 Å². The van der Waals surface area contributed by atoms with Gasteiger partial charge in [-0.15, -0.1) is 0 Å². The lowest BCUT2D eigenvalue weighted by molar-refractivity contribution is -0.136. The molecule has 1 saturated heterocycles. The standard InChI is InChI=1S/C21H30N4O6S/c1-13-9-20(2,3)12-21(10-13)18(27)25(19(28)23-21)11-17(26)22-14-6-7-15(16(8-14)31-4)24-32(5,29)30/h6-8,13,24H,9-12H2,1-5H3,(H,22,26)(H,23,28)/t13-,21+/m1/s1. The van der Waals surface area contributed by atoms with Crippen LogP contribution in [-0.2, 0) is 19.6 Å². The molecule has 1 aromatic rings. The average Bonchev–Trinajstić information content (AvgIpc) is 2.83. The fraction of sp³-hybridized carbons (Fsp3) is 0.571. The molecule has 1 aromatic carbocycles. The summed E-state index contributed by atoms with van der Waals surface area (Å²) in [5.74, 6) is -0.453. The average molecular weight is 467 g/mol. The van der Waals surface area contributed by atoms with Gasteiger partial charge in [0, 0.05) is 11.8 Å². The van der Waals surface area contributed by atoms with E-state index in [1.165, 1.54) is 25.3 Å². The van der Waals surface area contributed by atoms with Crippen molar-refractivity contribution in [2.24, 2.45) is 11.3 Å². The van der Waals surface area contributed by atoms with Gasteiger partial charge >= 0.3 is 6.03 Å². The molecule has 1 saturated carbocycles. The summed E-state index contributed by atoms with van der Waals surface area (Å²) in [6.07, 6.45) is 3.05. The molecule has 1 spiro atoms. The molecule has 0 unspecified atom stereocenters. The number of nitrogens with one attached hydrogen (secondary N) is 3. The molecule has 2 aliphatic rings. The SMILES string of the molecule is COc1cc(NC(=O)CN2C(=O)N[C@]3(C[C@H](C)CC(C)(C)C3)C2=O)ccc1NS(C)(=O)=O. The fourth-order valence-corrected chi connectivity index (χ4v) is 5.61. The van der Waals surface area contributed by atoms with E-state index in [1.807, 2.05) is 0 Å². The number of sulfonamides is 1. The smallest absolute Gasteiger partial charge is 0.325 e. The maximum Gasteiger partial charge on any atom is 0.325 e. The highest BCUT2D eigenvalue weighted by Crippen LogP contribution is 2.46. The predicted octanol–water partition coefficient (Wildman–Crippen LogP) is 2.14. The van der Waals surface area contributed by atoms with Crippen LogP contribution in [0.2, 0.25) is 0 Å². The molecule has 0 bridgehead atoms. The molecular weight excluding hydrogens is 436 g/mol. The van der Waals surface area contributed by atoms with E-state index >= 15 is 0 Å². The van der Waals surface area contributed by atoms with Crippen LogP contribution in [0.15, 0.2) is 18.2 Å². The minimum absolute atomic E-state index is 0.100. The van der Waals surface area contributed by atoms with Crippen molar-refractivity contribution < 1.29 is 27.5 Å². The maximum absolute atomic E-state index is 13.2. The van der Waals surface area contributed by atoms with E-state index in [1.54, 1.807) is 0 Å². The lowest BCUT2D eigenvalue weighted by Crippen LogP contribution is -2.54. The molecule has 3 rings (SSSR count). The lowest BCUT2D eigenvalue weighted by Gasteiger charge is -2.43. The van der Waals surface area contributed by atoms with Crippen LogP contribution in [0.1, 0.15) is 40.0 Å². The van der Waals surface area contributed by atoms with E-state index in [4.69, 9.17) is 4.74 Å². The minimum Gasteiger partial charge on any atom is -0.494 e. The third-order valence-electron chi connectivity index (χ3n) is 5.71. The number of hydrogen-bond acceptors (Lipinski definition) is 6. The molecule has 3 N–H and O–H groups in total. The Labute approximate surface area is 188 Å². The van der Waals surface area contributed by atoms with Crippen LogP contribution in [-0.4, -0.2) is 56.6 Å². The molecule has 1 heterocycles. The molecule has 1 aliphatic heterocycles. The van der Waals surface area contributed by atoms with Gasteiger partial charge in [-0.05, 0) is 42.7 Å². The van der Waals surface area contributed by atoms with Crippen LogP contribution in [0.4, 0.5) is 16.2 Å². The number of carbonyl (C=O) groups excluding carboxylic acids is 3. The highest BCUT2D eigenvalue weighted by Gasteiger charge is 2.56. The van der Waals surface area contributed by atoms with Crippen molar-refractivity contribution in [1.82, 2.24) is 10.2 Å². The van der Waals surface area contributed by atoms with Gasteiger partial charge in [0.15, 0.2) is 0 Å². The summed E-state index contributed by atoms with van der Waals surface area (Å²) in [5.41, 5.74) is -0.518. The number of urea groups is 1. The third kappa shape index (κ3) is 5.14. The van der Waals surface area contributed by atoms with Gasteiger partial charge in [-0.3, -0.25) is 19.2 Å². The van der Waals surface area contributed by atoms with Gasteiger partial charge < -0.3 is 15.4 Å². The molecular formula is C21H30N4O6S. The van der Waals surface area contributed by atoms with Crippen molar-refractivity contribution >= 4 is 39.2 Å². The number of benzene rings is 1. The van der Waals surface area contributed by atoms with Crippen molar-refractivity contribution in [1.29, 1.82) is 0 Å². The van der Waals surface area contributed by atoms with Crippen LogP contribution in [0.25, 0.3) is 0 Å². The number of anilines is 2. The first-order chi connectivity index (χ1) is 14.7. The molecule has 2 fully saturated rings. The zero-order valence-corrected chi connectivity index (χ0v) is 19.8. The van der Waals surface area contributed by atoms with Crippen molar-refractivity contribution in [3.05, 3.63) is 18.2 Å². The second kappa shape index (κ2) is 8.27.